The number of benzene rings is 2. The first-order chi connectivity index (χ1) is 22.7. The van der Waals surface area contributed by atoms with Gasteiger partial charge in [-0.2, -0.15) is 0 Å². The fraction of sp³-hybridized carbons (Fsp3) is 0.441. The van der Waals surface area contributed by atoms with Crippen LogP contribution in [-0.4, -0.2) is 93.6 Å². The van der Waals surface area contributed by atoms with Gasteiger partial charge in [-0.25, -0.2) is 14.6 Å². The maximum Gasteiger partial charge on any atom is 0.408 e. The van der Waals surface area contributed by atoms with E-state index in [0.29, 0.717) is 64.4 Å². The Hall–Kier alpha value is -4.17. The van der Waals surface area contributed by atoms with Crippen LogP contribution in [0.1, 0.15) is 26.3 Å². The van der Waals surface area contributed by atoms with E-state index in [-0.39, 0.29) is 6.42 Å². The van der Waals surface area contributed by atoms with Crippen molar-refractivity contribution < 1.29 is 42.7 Å². The molecule has 5 rings (SSSR count). The summed E-state index contributed by atoms with van der Waals surface area (Å²) in [5.41, 5.74) is 2.77. The van der Waals surface area contributed by atoms with Gasteiger partial charge < -0.3 is 43.5 Å². The molecule has 2 aromatic heterocycles. The quantitative estimate of drug-likeness (QED) is 0.258. The van der Waals surface area contributed by atoms with Crippen LogP contribution in [0.4, 0.5) is 4.79 Å². The highest BCUT2D eigenvalue weighted by molar-refractivity contribution is 7.18. The van der Waals surface area contributed by atoms with Crippen molar-refractivity contribution in [3.8, 4) is 32.6 Å². The number of methoxy groups -OCH3 is 1. The first-order valence-corrected chi connectivity index (χ1v) is 16.3. The minimum absolute atomic E-state index is 0.257. The Bertz CT molecular complexity index is 1580. The van der Waals surface area contributed by atoms with Crippen LogP contribution >= 0.6 is 11.3 Å². The summed E-state index contributed by atoms with van der Waals surface area (Å²) in [6, 6.07) is 14.8. The number of imidazole rings is 1. The molecule has 252 valence electrons. The van der Waals surface area contributed by atoms with Crippen molar-refractivity contribution >= 4 is 34.4 Å². The van der Waals surface area contributed by atoms with Crippen molar-refractivity contribution in [3.63, 3.8) is 0 Å². The lowest BCUT2D eigenvalue weighted by Crippen LogP contribution is -2.45. The monoisotopic (exact) mass is 667 g/mol. The van der Waals surface area contributed by atoms with Crippen molar-refractivity contribution in [1.29, 1.82) is 0 Å². The number of fused-ring (bicyclic) bond motifs is 2. The van der Waals surface area contributed by atoms with Gasteiger partial charge in [0.05, 0.1) is 62.7 Å². The number of hydrogen-bond acceptors (Lipinski definition) is 11. The molecule has 1 aliphatic rings. The molecule has 0 bridgehead atoms. The summed E-state index contributed by atoms with van der Waals surface area (Å²) in [6.07, 6.45) is -0.418. The molecule has 1 amide bonds. The highest BCUT2D eigenvalue weighted by Gasteiger charge is 2.25. The number of H-pyrrole nitrogens is 1. The molecule has 4 aromatic rings. The third-order valence-corrected chi connectivity index (χ3v) is 8.10. The number of carbonyl (C=O) groups is 2. The number of nitrogens with zero attached hydrogens (tertiary/aromatic N) is 1. The van der Waals surface area contributed by atoms with E-state index in [1.165, 1.54) is 7.11 Å². The van der Waals surface area contributed by atoms with E-state index in [1.807, 2.05) is 48.5 Å². The number of aromatic nitrogens is 2. The lowest BCUT2D eigenvalue weighted by atomic mass is 10.0. The highest BCUT2D eigenvalue weighted by atomic mass is 32.1. The molecular weight excluding hydrogens is 626 g/mol. The van der Waals surface area contributed by atoms with Crippen LogP contribution in [0.2, 0.25) is 0 Å². The summed E-state index contributed by atoms with van der Waals surface area (Å²) >= 11 is 1.60. The molecule has 1 atom stereocenters. The molecule has 0 aliphatic carbocycles. The highest BCUT2D eigenvalue weighted by Crippen LogP contribution is 2.37. The van der Waals surface area contributed by atoms with E-state index in [2.05, 4.69) is 10.3 Å². The van der Waals surface area contributed by atoms with E-state index < -0.39 is 23.7 Å². The smallest absolute Gasteiger partial charge is 0.408 e. The Kier molecular flexibility index (Phi) is 11.7. The Balaban J connectivity index is 1.28. The van der Waals surface area contributed by atoms with Crippen LogP contribution in [-0.2, 0) is 34.9 Å². The van der Waals surface area contributed by atoms with Gasteiger partial charge in [-0.15, -0.1) is 11.3 Å². The number of carbonyl (C=O) groups excluding carboxylic acids is 2. The number of aromatic amines is 1. The van der Waals surface area contributed by atoms with E-state index in [4.69, 9.17) is 38.1 Å². The van der Waals surface area contributed by atoms with Crippen LogP contribution in [0.15, 0.2) is 48.5 Å². The van der Waals surface area contributed by atoms with E-state index >= 15 is 0 Å². The summed E-state index contributed by atoms with van der Waals surface area (Å²) in [7, 11) is 1.29. The van der Waals surface area contributed by atoms with Gasteiger partial charge in [0.2, 0.25) is 0 Å². The lowest BCUT2D eigenvalue weighted by molar-refractivity contribution is -0.143. The number of hydrogen-bond donors (Lipinski definition) is 2. The number of ether oxygens (including phenoxy) is 7. The number of thiophene rings is 1. The minimum atomic E-state index is -0.879. The van der Waals surface area contributed by atoms with Crippen molar-refractivity contribution in [1.82, 2.24) is 15.3 Å². The van der Waals surface area contributed by atoms with Crippen LogP contribution in [0.3, 0.4) is 0 Å². The molecule has 13 heteroatoms. The zero-order chi connectivity index (χ0) is 33.2. The molecule has 0 spiro atoms. The summed E-state index contributed by atoms with van der Waals surface area (Å²) < 4.78 is 38.9. The predicted molar refractivity (Wildman–Crippen MR) is 177 cm³/mol. The SMILES string of the molecule is COC(=O)[C@H](Cc1ccc(-c2ccc(-c3nc4cc5c(cc4[nH]3)OCCOCCOCCOCCO5)s2)cc1)NC(=O)OC(C)(C)C. The van der Waals surface area contributed by atoms with Gasteiger partial charge in [0.25, 0.3) is 0 Å². The molecule has 0 saturated heterocycles. The zero-order valence-electron chi connectivity index (χ0n) is 27.1. The Morgan fingerprint density at radius 3 is 2.09 bits per heavy atom. The fourth-order valence-corrected chi connectivity index (χ4v) is 5.73. The van der Waals surface area contributed by atoms with Gasteiger partial charge in [-0.05, 0) is 44.0 Å². The van der Waals surface area contributed by atoms with Crippen LogP contribution in [0, 0.1) is 0 Å². The third kappa shape index (κ3) is 9.91. The maximum absolute atomic E-state index is 12.4. The van der Waals surface area contributed by atoms with Crippen molar-refractivity contribution in [3.05, 3.63) is 54.1 Å². The molecule has 2 aromatic carbocycles. The zero-order valence-corrected chi connectivity index (χ0v) is 27.9. The van der Waals surface area contributed by atoms with E-state index in [9.17, 15) is 9.59 Å². The first kappa shape index (κ1) is 34.2. The summed E-state index contributed by atoms with van der Waals surface area (Å²) in [4.78, 5) is 34.9. The standard InChI is InChI=1S/C34H41N3O9S/c1-34(2,3)46-33(39)37-26(32(38)40-4)19-22-5-7-23(8-6-22)29-9-10-30(47-29)31-35-24-20-27-28(21-25(24)36-31)45-18-16-43-14-12-41-11-13-42-15-17-44-27/h5-10,20-21,26H,11-19H2,1-4H3,(H,35,36)(H,37,39)/t26-/m0/s1. The summed E-state index contributed by atoms with van der Waals surface area (Å²) in [5, 5.41) is 2.62. The maximum atomic E-state index is 12.4. The van der Waals surface area contributed by atoms with E-state index in [1.54, 1.807) is 32.1 Å². The number of rotatable bonds is 6. The Morgan fingerprint density at radius 1 is 0.872 bits per heavy atom. The average molecular weight is 668 g/mol. The average Bonchev–Trinajstić information content (AvgIpc) is 3.69. The van der Waals surface area contributed by atoms with Crippen molar-refractivity contribution in [2.24, 2.45) is 0 Å². The second-order valence-electron chi connectivity index (χ2n) is 11.7. The van der Waals surface area contributed by atoms with Crippen LogP contribution in [0.5, 0.6) is 11.5 Å². The van der Waals surface area contributed by atoms with Gasteiger partial charge in [-0.3, -0.25) is 0 Å². The topological polar surface area (TPSA) is 139 Å². The molecule has 3 heterocycles. The Morgan fingerprint density at radius 2 is 1.47 bits per heavy atom. The minimum Gasteiger partial charge on any atom is -0.487 e. The number of alkyl carbamates (subject to hydrolysis) is 1. The van der Waals surface area contributed by atoms with Gasteiger partial charge in [-0.1, -0.05) is 24.3 Å². The molecule has 12 nitrogen and oxygen atoms in total. The normalized spacial score (nSPS) is 15.7. The molecule has 0 saturated carbocycles. The molecular formula is C34H41N3O9S. The number of esters is 1. The largest absolute Gasteiger partial charge is 0.487 e. The molecule has 2 N–H and O–H groups in total. The summed E-state index contributed by atoms with van der Waals surface area (Å²) in [6.45, 7) is 8.88. The third-order valence-electron chi connectivity index (χ3n) is 6.96. The molecule has 0 radical (unpaired) electrons. The van der Waals surface area contributed by atoms with Gasteiger partial charge in [0.15, 0.2) is 11.5 Å². The van der Waals surface area contributed by atoms with Gasteiger partial charge >= 0.3 is 12.1 Å². The van der Waals surface area contributed by atoms with Crippen LogP contribution < -0.4 is 14.8 Å². The summed E-state index contributed by atoms with van der Waals surface area (Å²) in [5.74, 6) is 1.38. The Labute approximate surface area is 277 Å². The van der Waals surface area contributed by atoms with Crippen LogP contribution in [0.25, 0.3) is 32.2 Å². The molecule has 0 unspecified atom stereocenters. The predicted octanol–water partition coefficient (Wildman–Crippen LogP) is 5.39. The lowest BCUT2D eigenvalue weighted by Gasteiger charge is -2.22. The van der Waals surface area contributed by atoms with Gasteiger partial charge in [0, 0.05) is 23.4 Å². The second-order valence-corrected chi connectivity index (χ2v) is 12.8. The number of nitrogens with one attached hydrogen (secondary N) is 2. The van der Waals surface area contributed by atoms with E-state index in [0.717, 1.165) is 37.7 Å². The van der Waals surface area contributed by atoms with Gasteiger partial charge in [0.1, 0.15) is 30.7 Å². The molecule has 47 heavy (non-hydrogen) atoms. The number of amides is 1. The van der Waals surface area contributed by atoms with Crippen molar-refractivity contribution in [2.75, 3.05) is 60.0 Å². The fourth-order valence-electron chi connectivity index (χ4n) is 4.77. The van der Waals surface area contributed by atoms with Crippen molar-refractivity contribution in [2.45, 2.75) is 38.8 Å². The second kappa shape index (κ2) is 16.1. The molecule has 1 aliphatic heterocycles. The first-order valence-electron chi connectivity index (χ1n) is 15.5. The molecule has 0 fully saturated rings.